The molecule has 1 heterocycles. The van der Waals surface area contributed by atoms with Gasteiger partial charge >= 0.3 is 0 Å². The maximum Gasteiger partial charge on any atom is 0.251 e. The smallest absolute Gasteiger partial charge is 0.251 e. The van der Waals surface area contributed by atoms with Gasteiger partial charge in [0.05, 0.1) is 12.2 Å². The molecule has 1 aromatic rings. The standard InChI is InChI=1S/C13H23N3O2/c1-4-6-9-18-10-13(17)15-12-7-8-14-16(12)11(3)5-2/h7-8,11H,4-6,9-10H2,1-3H3,(H,15,17). The van der Waals surface area contributed by atoms with Gasteiger partial charge in [0.25, 0.3) is 5.91 Å². The van der Waals surface area contributed by atoms with Gasteiger partial charge in [0.2, 0.25) is 0 Å². The van der Waals surface area contributed by atoms with Crippen LogP contribution in [0.25, 0.3) is 0 Å². The van der Waals surface area contributed by atoms with Gasteiger partial charge in [0, 0.05) is 12.7 Å². The highest BCUT2D eigenvalue weighted by molar-refractivity contribution is 5.90. The number of nitrogens with zero attached hydrogens (tertiary/aromatic N) is 2. The third-order valence-electron chi connectivity index (χ3n) is 2.82. The van der Waals surface area contributed by atoms with Crippen LogP contribution in [0.15, 0.2) is 12.3 Å². The van der Waals surface area contributed by atoms with Crippen molar-refractivity contribution in [3.05, 3.63) is 12.3 Å². The molecular weight excluding hydrogens is 230 g/mol. The Balaban J connectivity index is 2.42. The van der Waals surface area contributed by atoms with Crippen LogP contribution in [0.1, 0.15) is 46.1 Å². The van der Waals surface area contributed by atoms with E-state index in [1.54, 1.807) is 12.3 Å². The molecule has 0 fully saturated rings. The minimum absolute atomic E-state index is 0.103. The normalized spacial score (nSPS) is 12.4. The fraction of sp³-hybridized carbons (Fsp3) is 0.692. The zero-order valence-electron chi connectivity index (χ0n) is 11.5. The fourth-order valence-corrected chi connectivity index (χ4v) is 1.53. The Kier molecular flexibility index (Phi) is 6.43. The molecule has 1 rings (SSSR count). The van der Waals surface area contributed by atoms with Crippen LogP contribution in [0.3, 0.4) is 0 Å². The van der Waals surface area contributed by atoms with E-state index in [4.69, 9.17) is 4.74 Å². The van der Waals surface area contributed by atoms with Crippen molar-refractivity contribution < 1.29 is 9.53 Å². The molecule has 0 aliphatic rings. The van der Waals surface area contributed by atoms with Crippen molar-refractivity contribution in [1.29, 1.82) is 0 Å². The number of hydrogen-bond acceptors (Lipinski definition) is 3. The zero-order valence-corrected chi connectivity index (χ0v) is 11.5. The highest BCUT2D eigenvalue weighted by Gasteiger charge is 2.10. The average molecular weight is 253 g/mol. The Bertz CT molecular complexity index is 363. The summed E-state index contributed by atoms with van der Waals surface area (Å²) in [4.78, 5) is 11.7. The number of amides is 1. The summed E-state index contributed by atoms with van der Waals surface area (Å²) in [6.45, 7) is 6.99. The van der Waals surface area contributed by atoms with Crippen molar-refractivity contribution >= 4 is 11.7 Å². The van der Waals surface area contributed by atoms with Crippen molar-refractivity contribution in [2.45, 2.75) is 46.1 Å². The van der Waals surface area contributed by atoms with E-state index in [0.717, 1.165) is 25.1 Å². The van der Waals surface area contributed by atoms with Crippen molar-refractivity contribution in [2.24, 2.45) is 0 Å². The summed E-state index contributed by atoms with van der Waals surface area (Å²) in [6, 6.07) is 2.08. The van der Waals surface area contributed by atoms with E-state index in [-0.39, 0.29) is 18.6 Å². The molecule has 0 radical (unpaired) electrons. The topological polar surface area (TPSA) is 56.1 Å². The van der Waals surface area contributed by atoms with Crippen LogP contribution in [-0.4, -0.2) is 28.9 Å². The highest BCUT2D eigenvalue weighted by atomic mass is 16.5. The van der Waals surface area contributed by atoms with Crippen molar-refractivity contribution in [3.63, 3.8) is 0 Å². The van der Waals surface area contributed by atoms with Gasteiger partial charge < -0.3 is 10.1 Å². The SMILES string of the molecule is CCCCOCC(=O)Nc1ccnn1C(C)CC. The van der Waals surface area contributed by atoms with Gasteiger partial charge in [-0.2, -0.15) is 5.10 Å². The van der Waals surface area contributed by atoms with E-state index in [0.29, 0.717) is 6.61 Å². The second kappa shape index (κ2) is 7.87. The van der Waals surface area contributed by atoms with Gasteiger partial charge in [0.1, 0.15) is 12.4 Å². The molecule has 1 aromatic heterocycles. The molecule has 5 nitrogen and oxygen atoms in total. The largest absolute Gasteiger partial charge is 0.372 e. The third kappa shape index (κ3) is 4.49. The first kappa shape index (κ1) is 14.7. The van der Waals surface area contributed by atoms with E-state index in [9.17, 15) is 4.79 Å². The van der Waals surface area contributed by atoms with Crippen LogP contribution in [-0.2, 0) is 9.53 Å². The van der Waals surface area contributed by atoms with Crippen LogP contribution in [0.5, 0.6) is 0 Å². The Hall–Kier alpha value is -1.36. The molecule has 0 bridgehead atoms. The minimum Gasteiger partial charge on any atom is -0.372 e. The monoisotopic (exact) mass is 253 g/mol. The summed E-state index contributed by atoms with van der Waals surface area (Å²) < 4.78 is 7.09. The molecule has 5 heteroatoms. The Morgan fingerprint density at radius 1 is 1.56 bits per heavy atom. The summed E-state index contributed by atoms with van der Waals surface area (Å²) in [7, 11) is 0. The van der Waals surface area contributed by atoms with Gasteiger partial charge in [-0.25, -0.2) is 4.68 Å². The molecular formula is C13H23N3O2. The fourth-order valence-electron chi connectivity index (χ4n) is 1.53. The second-order valence-corrected chi connectivity index (χ2v) is 4.37. The quantitative estimate of drug-likeness (QED) is 0.724. The first-order valence-electron chi connectivity index (χ1n) is 6.60. The predicted molar refractivity (Wildman–Crippen MR) is 71.6 cm³/mol. The summed E-state index contributed by atoms with van der Waals surface area (Å²) in [5.74, 6) is 0.601. The molecule has 0 spiro atoms. The number of carbonyl (C=O) groups excluding carboxylic acids is 1. The van der Waals surface area contributed by atoms with Gasteiger partial charge in [-0.1, -0.05) is 20.3 Å². The minimum atomic E-state index is -0.129. The summed E-state index contributed by atoms with van der Waals surface area (Å²) in [5, 5.41) is 7.03. The molecule has 1 N–H and O–H groups in total. The number of carbonyl (C=O) groups is 1. The van der Waals surface area contributed by atoms with Crippen LogP contribution >= 0.6 is 0 Å². The average Bonchev–Trinajstić information content (AvgIpc) is 2.82. The Morgan fingerprint density at radius 2 is 2.33 bits per heavy atom. The van der Waals surface area contributed by atoms with Gasteiger partial charge in [0.15, 0.2) is 0 Å². The van der Waals surface area contributed by atoms with Crippen molar-refractivity contribution in [1.82, 2.24) is 9.78 Å². The maximum atomic E-state index is 11.7. The first-order chi connectivity index (χ1) is 8.69. The molecule has 0 aromatic carbocycles. The molecule has 0 saturated heterocycles. The van der Waals surface area contributed by atoms with E-state index < -0.39 is 0 Å². The number of hydrogen-bond donors (Lipinski definition) is 1. The molecule has 1 atom stereocenters. The number of aromatic nitrogens is 2. The highest BCUT2D eigenvalue weighted by Crippen LogP contribution is 2.16. The second-order valence-electron chi connectivity index (χ2n) is 4.37. The molecule has 1 unspecified atom stereocenters. The van der Waals surface area contributed by atoms with Gasteiger partial charge in [-0.15, -0.1) is 0 Å². The third-order valence-corrected chi connectivity index (χ3v) is 2.82. The van der Waals surface area contributed by atoms with E-state index in [1.807, 2.05) is 4.68 Å². The lowest BCUT2D eigenvalue weighted by molar-refractivity contribution is -0.120. The molecule has 0 aliphatic carbocycles. The maximum absolute atomic E-state index is 11.7. The van der Waals surface area contributed by atoms with Crippen LogP contribution in [0.2, 0.25) is 0 Å². The lowest BCUT2D eigenvalue weighted by Crippen LogP contribution is -2.21. The van der Waals surface area contributed by atoms with Crippen molar-refractivity contribution in [2.75, 3.05) is 18.5 Å². The molecule has 18 heavy (non-hydrogen) atoms. The predicted octanol–water partition coefficient (Wildman–Crippen LogP) is 2.61. The molecule has 1 amide bonds. The lowest BCUT2D eigenvalue weighted by atomic mass is 10.3. The lowest BCUT2D eigenvalue weighted by Gasteiger charge is -2.14. The van der Waals surface area contributed by atoms with Gasteiger partial charge in [-0.05, 0) is 19.8 Å². The summed E-state index contributed by atoms with van der Waals surface area (Å²) in [5.41, 5.74) is 0. The zero-order chi connectivity index (χ0) is 13.4. The number of anilines is 1. The number of unbranched alkanes of at least 4 members (excludes halogenated alkanes) is 1. The van der Waals surface area contributed by atoms with Crippen LogP contribution < -0.4 is 5.32 Å². The van der Waals surface area contributed by atoms with E-state index in [1.165, 1.54) is 0 Å². The van der Waals surface area contributed by atoms with E-state index in [2.05, 4.69) is 31.2 Å². The summed E-state index contributed by atoms with van der Waals surface area (Å²) >= 11 is 0. The summed E-state index contributed by atoms with van der Waals surface area (Å²) in [6.07, 6.45) is 4.72. The van der Waals surface area contributed by atoms with E-state index >= 15 is 0 Å². The molecule has 0 aliphatic heterocycles. The molecule has 0 saturated carbocycles. The first-order valence-corrected chi connectivity index (χ1v) is 6.60. The van der Waals surface area contributed by atoms with Crippen LogP contribution in [0.4, 0.5) is 5.82 Å². The molecule has 102 valence electrons. The Morgan fingerprint density at radius 3 is 3.00 bits per heavy atom. The Labute approximate surface area is 109 Å². The number of nitrogens with one attached hydrogen (secondary N) is 1. The van der Waals surface area contributed by atoms with Gasteiger partial charge in [-0.3, -0.25) is 4.79 Å². The van der Waals surface area contributed by atoms with Crippen molar-refractivity contribution in [3.8, 4) is 0 Å². The number of rotatable bonds is 8. The van der Waals surface area contributed by atoms with Crippen LogP contribution in [0, 0.1) is 0 Å². The number of ether oxygens (including phenoxy) is 1.